The fourth-order valence-corrected chi connectivity index (χ4v) is 11.1. The number of aliphatic hydroxyl groups excluding tert-OH is 1. The van der Waals surface area contributed by atoms with Crippen LogP contribution in [0, 0.1) is 0 Å². The minimum Gasteiger partial charge on any atom is -0.387 e. The molecule has 79 heavy (non-hydrogen) atoms. The van der Waals surface area contributed by atoms with Gasteiger partial charge < -0.3 is 19.8 Å². The molecule has 1 amide bonds. The van der Waals surface area contributed by atoms with E-state index in [-0.39, 0.29) is 19.1 Å². The molecular weight excluding hydrogens is 996 g/mol. The van der Waals surface area contributed by atoms with E-state index in [2.05, 4.69) is 55.6 Å². The van der Waals surface area contributed by atoms with Crippen molar-refractivity contribution in [3.8, 4) is 0 Å². The Bertz CT molecular complexity index is 1430. The zero-order valence-corrected chi connectivity index (χ0v) is 54.3. The van der Waals surface area contributed by atoms with Crippen molar-refractivity contribution in [2.75, 3.05) is 40.9 Å². The summed E-state index contributed by atoms with van der Waals surface area (Å²) >= 11 is 0. The Kier molecular flexibility index (Phi) is 59.8. The molecule has 0 aromatic heterocycles. The number of hydrogen-bond donors (Lipinski definition) is 3. The summed E-state index contributed by atoms with van der Waals surface area (Å²) in [5, 5.41) is 14.0. The molecule has 3 unspecified atom stereocenters. The van der Waals surface area contributed by atoms with Crippen LogP contribution in [0.4, 0.5) is 0 Å². The molecule has 0 heterocycles. The van der Waals surface area contributed by atoms with Crippen LogP contribution in [0.2, 0.25) is 0 Å². The molecule has 0 rings (SSSR count). The quantitative estimate of drug-likeness (QED) is 0.0243. The molecule has 0 radical (unpaired) electrons. The first-order valence-corrected chi connectivity index (χ1v) is 36.0. The zero-order valence-electron chi connectivity index (χ0n) is 53.4. The van der Waals surface area contributed by atoms with Crippen molar-refractivity contribution in [1.29, 1.82) is 0 Å². The third kappa shape index (κ3) is 63.9. The maximum absolute atomic E-state index is 13.0. The lowest BCUT2D eigenvalue weighted by Gasteiger charge is -2.25. The summed E-state index contributed by atoms with van der Waals surface area (Å²) in [6, 6.07) is -0.870. The monoisotopic (exact) mass is 1130 g/mol. The number of aliphatic hydroxyl groups is 1. The van der Waals surface area contributed by atoms with Gasteiger partial charge in [0.05, 0.1) is 39.9 Å². The highest BCUT2D eigenvalue weighted by Crippen LogP contribution is 2.43. The maximum Gasteiger partial charge on any atom is 0.472 e. The third-order valence-electron chi connectivity index (χ3n) is 15.7. The minimum atomic E-state index is -4.36. The first-order chi connectivity index (χ1) is 38.5. The van der Waals surface area contributed by atoms with Gasteiger partial charge in [0.2, 0.25) is 5.91 Å². The second-order valence-electron chi connectivity index (χ2n) is 24.9. The summed E-state index contributed by atoms with van der Waals surface area (Å²) in [4.78, 5) is 23.4. The molecular formula is C70H136N2O6P+. The number of unbranched alkanes of at least 4 members (excludes halogenated alkanes) is 45. The van der Waals surface area contributed by atoms with Gasteiger partial charge in [0.1, 0.15) is 13.2 Å². The molecule has 0 aliphatic heterocycles. The molecule has 0 saturated carbocycles. The fourth-order valence-electron chi connectivity index (χ4n) is 10.4. The first kappa shape index (κ1) is 77.5. The van der Waals surface area contributed by atoms with Crippen molar-refractivity contribution >= 4 is 13.7 Å². The van der Waals surface area contributed by atoms with Crippen molar-refractivity contribution in [1.82, 2.24) is 5.32 Å². The van der Waals surface area contributed by atoms with Crippen LogP contribution in [0.1, 0.15) is 341 Å². The molecule has 0 aliphatic carbocycles. The van der Waals surface area contributed by atoms with E-state index in [9.17, 15) is 19.4 Å². The highest BCUT2D eigenvalue weighted by atomic mass is 31.2. The summed E-state index contributed by atoms with van der Waals surface area (Å²) in [5.41, 5.74) is 0. The topological polar surface area (TPSA) is 105 Å². The highest BCUT2D eigenvalue weighted by Gasteiger charge is 2.28. The number of carbonyl (C=O) groups excluding carboxylic acids is 1. The summed E-state index contributed by atoms with van der Waals surface area (Å²) in [5.74, 6) is -0.185. The van der Waals surface area contributed by atoms with E-state index in [4.69, 9.17) is 9.05 Å². The highest BCUT2D eigenvalue weighted by molar-refractivity contribution is 7.47. The van der Waals surface area contributed by atoms with Crippen LogP contribution in [-0.4, -0.2) is 73.4 Å². The lowest BCUT2D eigenvalue weighted by atomic mass is 10.0. The van der Waals surface area contributed by atoms with Gasteiger partial charge >= 0.3 is 7.82 Å². The molecule has 8 nitrogen and oxygen atoms in total. The Morgan fingerprint density at radius 2 is 0.696 bits per heavy atom. The van der Waals surface area contributed by atoms with Gasteiger partial charge in [-0.15, -0.1) is 0 Å². The number of nitrogens with zero attached hydrogens (tertiary/aromatic N) is 1. The molecule has 0 spiro atoms. The van der Waals surface area contributed by atoms with Gasteiger partial charge in [0.25, 0.3) is 0 Å². The fraction of sp³-hybridized carbons (Fsp3) is 0.871. The number of carbonyl (C=O) groups is 1. The number of phosphoric acid groups is 1. The summed E-state index contributed by atoms with van der Waals surface area (Å²) in [6.07, 6.45) is 82.7. The minimum absolute atomic E-state index is 0.0544. The predicted octanol–water partition coefficient (Wildman–Crippen LogP) is 21.8. The third-order valence-corrected chi connectivity index (χ3v) is 16.7. The summed E-state index contributed by atoms with van der Waals surface area (Å²) in [6.45, 7) is 4.83. The number of hydrogen-bond acceptors (Lipinski definition) is 5. The number of amides is 1. The van der Waals surface area contributed by atoms with Crippen LogP contribution in [0.5, 0.6) is 0 Å². The Hall–Kier alpha value is -1.54. The van der Waals surface area contributed by atoms with Crippen molar-refractivity contribution in [2.24, 2.45) is 0 Å². The molecule has 466 valence electrons. The number of rotatable bonds is 64. The van der Waals surface area contributed by atoms with Crippen LogP contribution in [0.25, 0.3) is 0 Å². The molecule has 3 atom stereocenters. The van der Waals surface area contributed by atoms with E-state index in [1.807, 2.05) is 27.2 Å². The number of likely N-dealkylation sites (N-methyl/N-ethyl adjacent to an activating group) is 1. The van der Waals surface area contributed by atoms with Crippen molar-refractivity contribution in [2.45, 2.75) is 353 Å². The number of phosphoric ester groups is 1. The van der Waals surface area contributed by atoms with E-state index in [0.29, 0.717) is 17.4 Å². The molecule has 0 aliphatic rings. The van der Waals surface area contributed by atoms with Crippen LogP contribution in [0.3, 0.4) is 0 Å². The lowest BCUT2D eigenvalue weighted by molar-refractivity contribution is -0.870. The molecule has 3 N–H and O–H groups in total. The zero-order chi connectivity index (χ0) is 57.7. The lowest BCUT2D eigenvalue weighted by Crippen LogP contribution is -2.45. The van der Waals surface area contributed by atoms with Gasteiger partial charge in [-0.1, -0.05) is 313 Å². The average molecular weight is 1130 g/mol. The van der Waals surface area contributed by atoms with Crippen molar-refractivity contribution in [3.05, 3.63) is 48.6 Å². The number of allylic oxidation sites excluding steroid dienone is 7. The normalized spacial score (nSPS) is 14.0. The number of quaternary nitrogens is 1. The molecule has 0 bridgehead atoms. The van der Waals surface area contributed by atoms with Gasteiger partial charge in [-0.05, 0) is 70.6 Å². The summed E-state index contributed by atoms with van der Waals surface area (Å²) < 4.78 is 23.8. The SMILES string of the molecule is CCCCCCCCCC/C=C\CCCCCCCCCCCCCCCCCCCCCCCC(=O)NC(COP(=O)(O)OCC[N+](C)(C)C)C(O)/C=C/CC/C=C/CC/C=C/CCCCCCCCCCCCCCCC. The molecule has 9 heteroatoms. The number of nitrogens with one attached hydrogen (secondary N) is 1. The van der Waals surface area contributed by atoms with Gasteiger partial charge in [0, 0.05) is 6.42 Å². The average Bonchev–Trinajstić information content (AvgIpc) is 3.42. The Balaban J connectivity index is 4.08. The summed E-state index contributed by atoms with van der Waals surface area (Å²) in [7, 11) is 1.56. The molecule has 0 aromatic carbocycles. The Morgan fingerprint density at radius 1 is 0.418 bits per heavy atom. The second-order valence-corrected chi connectivity index (χ2v) is 26.3. The smallest absolute Gasteiger partial charge is 0.387 e. The maximum atomic E-state index is 13.0. The first-order valence-electron chi connectivity index (χ1n) is 34.5. The van der Waals surface area contributed by atoms with E-state index in [1.54, 1.807) is 6.08 Å². The predicted molar refractivity (Wildman–Crippen MR) is 346 cm³/mol. The Labute approximate surface area is 492 Å². The molecule has 0 fully saturated rings. The van der Waals surface area contributed by atoms with Gasteiger partial charge in [-0.25, -0.2) is 4.57 Å². The van der Waals surface area contributed by atoms with Gasteiger partial charge in [-0.3, -0.25) is 13.8 Å². The van der Waals surface area contributed by atoms with Gasteiger partial charge in [0.15, 0.2) is 0 Å². The standard InChI is InChI=1S/C70H135N2O6P/c1-6-8-10-12-14-16-18-20-22-24-26-28-30-32-33-34-35-36-37-38-39-40-42-44-46-48-50-52-54-56-58-60-62-64-70(74)71-68(67-78-79(75,76)77-66-65-72(3,4)5)69(73)63-61-59-57-55-53-51-49-47-45-43-41-31-29-27-25-23-21-19-17-15-13-11-9-7-2/h24,26,45,47,53,55,61,63,68-69,73H,6-23,25,27-44,46,48-52,54,56-60,62,64-67H2,1-5H3,(H-,71,74,75,76)/p+1/b26-24-,47-45+,55-53+,63-61+. The largest absolute Gasteiger partial charge is 0.472 e. The molecule has 0 saturated heterocycles. The van der Waals surface area contributed by atoms with E-state index in [1.165, 1.54) is 276 Å². The van der Waals surface area contributed by atoms with Crippen LogP contribution >= 0.6 is 7.82 Å². The molecule has 0 aromatic rings. The second kappa shape index (κ2) is 61.0. The van der Waals surface area contributed by atoms with Crippen LogP contribution in [0.15, 0.2) is 48.6 Å². The van der Waals surface area contributed by atoms with E-state index < -0.39 is 20.0 Å². The van der Waals surface area contributed by atoms with Crippen molar-refractivity contribution < 1.29 is 32.9 Å². The van der Waals surface area contributed by atoms with E-state index >= 15 is 0 Å². The van der Waals surface area contributed by atoms with Crippen LogP contribution in [-0.2, 0) is 18.4 Å². The van der Waals surface area contributed by atoms with Crippen LogP contribution < -0.4 is 5.32 Å². The Morgan fingerprint density at radius 3 is 1.01 bits per heavy atom. The van der Waals surface area contributed by atoms with Crippen molar-refractivity contribution in [3.63, 3.8) is 0 Å². The van der Waals surface area contributed by atoms with Gasteiger partial charge in [-0.2, -0.15) is 0 Å². The van der Waals surface area contributed by atoms with E-state index in [0.717, 1.165) is 44.9 Å².